The van der Waals surface area contributed by atoms with E-state index in [0.29, 0.717) is 11.8 Å². The molecule has 1 aromatic heterocycles. The van der Waals surface area contributed by atoms with Gasteiger partial charge < -0.3 is 10.6 Å². The number of thiophene rings is 1. The molecule has 2 nitrogen and oxygen atoms in total. The van der Waals surface area contributed by atoms with Crippen LogP contribution in [0.3, 0.4) is 0 Å². The maximum atomic E-state index is 4.32. The van der Waals surface area contributed by atoms with E-state index in [1.807, 2.05) is 11.3 Å². The molecule has 2 aromatic rings. The number of allylic oxidation sites excluding steroid dienone is 13. The molecule has 2 aliphatic carbocycles. The SMILES string of the molecule is C=C(C)/C=C(N/C=C/C(C)C/C=C/C(/C=C\C)=C/C)\C(=C\NC1C=CC(C(C)C)=CC1)B(/C=C/C)c1cc2cc3c(cc2s1)C(C)(C)CCC3(C)C. The van der Waals surface area contributed by atoms with Crippen LogP contribution in [0.5, 0.6) is 0 Å². The van der Waals surface area contributed by atoms with Crippen molar-refractivity contribution >= 4 is 32.9 Å². The zero-order valence-electron chi connectivity index (χ0n) is 34.1. The zero-order valence-corrected chi connectivity index (χ0v) is 34.9. The summed E-state index contributed by atoms with van der Waals surface area (Å²) in [6.07, 6.45) is 33.3. The molecule has 0 fully saturated rings. The first-order chi connectivity index (χ1) is 24.7. The summed E-state index contributed by atoms with van der Waals surface area (Å²) in [5.41, 5.74) is 9.31. The Labute approximate surface area is 321 Å². The predicted octanol–water partition coefficient (Wildman–Crippen LogP) is 12.7. The van der Waals surface area contributed by atoms with Crippen LogP contribution in [-0.2, 0) is 10.8 Å². The van der Waals surface area contributed by atoms with Crippen LogP contribution in [0.2, 0.25) is 0 Å². The lowest BCUT2D eigenvalue weighted by Gasteiger charge is -2.41. The van der Waals surface area contributed by atoms with Crippen molar-refractivity contribution in [3.63, 3.8) is 0 Å². The van der Waals surface area contributed by atoms with Gasteiger partial charge in [-0.25, -0.2) is 0 Å². The van der Waals surface area contributed by atoms with Gasteiger partial charge in [0.2, 0.25) is 0 Å². The molecule has 52 heavy (non-hydrogen) atoms. The Morgan fingerprint density at radius 2 is 1.71 bits per heavy atom. The molecule has 0 saturated heterocycles. The Hall–Kier alpha value is -3.76. The number of nitrogens with one attached hydrogen (secondary N) is 2. The molecule has 0 aliphatic heterocycles. The van der Waals surface area contributed by atoms with Gasteiger partial charge in [-0.2, -0.15) is 0 Å². The molecule has 0 bridgehead atoms. The van der Waals surface area contributed by atoms with E-state index in [1.165, 1.54) is 55.4 Å². The third-order valence-corrected chi connectivity index (χ3v) is 11.8. The van der Waals surface area contributed by atoms with Crippen molar-refractivity contribution in [3.8, 4) is 0 Å². The number of benzene rings is 1. The lowest BCUT2D eigenvalue weighted by Crippen LogP contribution is -2.34. The molecule has 0 saturated carbocycles. The number of fused-ring (bicyclic) bond motifs is 2. The van der Waals surface area contributed by atoms with Crippen LogP contribution in [0.1, 0.15) is 113 Å². The summed E-state index contributed by atoms with van der Waals surface area (Å²) < 4.78 is 2.72. The molecule has 0 spiro atoms. The van der Waals surface area contributed by atoms with E-state index < -0.39 is 0 Å². The van der Waals surface area contributed by atoms with Crippen LogP contribution in [0, 0.1) is 11.8 Å². The highest BCUT2D eigenvalue weighted by Gasteiger charge is 2.37. The van der Waals surface area contributed by atoms with Gasteiger partial charge in [-0.1, -0.05) is 121 Å². The fourth-order valence-corrected chi connectivity index (χ4v) is 8.42. The maximum absolute atomic E-state index is 4.32. The van der Waals surface area contributed by atoms with Gasteiger partial charge in [-0.3, -0.25) is 0 Å². The topological polar surface area (TPSA) is 24.1 Å². The van der Waals surface area contributed by atoms with Crippen LogP contribution in [-0.4, -0.2) is 12.8 Å². The van der Waals surface area contributed by atoms with E-state index in [0.717, 1.165) is 24.1 Å². The van der Waals surface area contributed by atoms with Crippen LogP contribution in [0.4, 0.5) is 0 Å². The minimum atomic E-state index is 0.0556. The van der Waals surface area contributed by atoms with Crippen molar-refractivity contribution in [2.45, 2.75) is 119 Å². The second-order valence-electron chi connectivity index (χ2n) is 16.5. The average molecular weight is 713 g/mol. The van der Waals surface area contributed by atoms with Crippen molar-refractivity contribution < 1.29 is 0 Å². The van der Waals surface area contributed by atoms with E-state index in [9.17, 15) is 0 Å². The third kappa shape index (κ3) is 10.7. The number of rotatable bonds is 15. The lowest BCUT2D eigenvalue weighted by atomic mass is 9.42. The van der Waals surface area contributed by atoms with Gasteiger partial charge in [0.25, 0.3) is 6.71 Å². The largest absolute Gasteiger partial charge is 0.385 e. The summed E-state index contributed by atoms with van der Waals surface area (Å²) in [6, 6.07) is 7.70. The van der Waals surface area contributed by atoms with Crippen LogP contribution >= 0.6 is 11.3 Å². The minimum absolute atomic E-state index is 0.0556. The Bertz CT molecular complexity index is 1790. The van der Waals surface area contributed by atoms with Crippen molar-refractivity contribution in [2.75, 3.05) is 0 Å². The first kappa shape index (κ1) is 41.0. The molecular weight excluding hydrogens is 647 g/mol. The highest BCUT2D eigenvalue weighted by molar-refractivity contribution is 7.30. The van der Waals surface area contributed by atoms with Gasteiger partial charge >= 0.3 is 0 Å². The normalized spacial score (nSPS) is 20.0. The summed E-state index contributed by atoms with van der Waals surface area (Å²) in [5.74, 6) is 3.27. The number of hydrogen-bond acceptors (Lipinski definition) is 3. The monoisotopic (exact) mass is 712 g/mol. The van der Waals surface area contributed by atoms with Gasteiger partial charge in [0.05, 0.1) is 0 Å². The molecule has 2 atom stereocenters. The van der Waals surface area contributed by atoms with Crippen molar-refractivity contribution in [1.29, 1.82) is 0 Å². The Morgan fingerprint density at radius 1 is 1.00 bits per heavy atom. The van der Waals surface area contributed by atoms with Crippen LogP contribution < -0.4 is 15.4 Å². The summed E-state index contributed by atoms with van der Waals surface area (Å²) >= 11 is 1.94. The summed E-state index contributed by atoms with van der Waals surface area (Å²) in [7, 11) is 0. The van der Waals surface area contributed by atoms with E-state index >= 15 is 0 Å². The second-order valence-corrected chi connectivity index (χ2v) is 17.6. The third-order valence-electron chi connectivity index (χ3n) is 10.7. The molecule has 0 amide bonds. The number of hydrogen-bond donors (Lipinski definition) is 2. The first-order valence-corrected chi connectivity index (χ1v) is 20.3. The van der Waals surface area contributed by atoms with E-state index in [4.69, 9.17) is 0 Å². The maximum Gasteiger partial charge on any atom is 0.250 e. The van der Waals surface area contributed by atoms with Gasteiger partial charge in [-0.15, -0.1) is 17.3 Å². The van der Waals surface area contributed by atoms with Gasteiger partial charge in [0.15, 0.2) is 0 Å². The smallest absolute Gasteiger partial charge is 0.250 e. The van der Waals surface area contributed by atoms with Crippen molar-refractivity contribution in [3.05, 3.63) is 149 Å². The van der Waals surface area contributed by atoms with Crippen molar-refractivity contribution in [1.82, 2.24) is 10.6 Å². The van der Waals surface area contributed by atoms with E-state index in [-0.39, 0.29) is 23.6 Å². The van der Waals surface area contributed by atoms with Gasteiger partial charge in [0, 0.05) is 16.4 Å². The average Bonchev–Trinajstić information content (AvgIpc) is 3.52. The molecule has 1 heterocycles. The molecule has 2 unspecified atom stereocenters. The lowest BCUT2D eigenvalue weighted by molar-refractivity contribution is 0.332. The van der Waals surface area contributed by atoms with Gasteiger partial charge in [0.1, 0.15) is 0 Å². The molecule has 276 valence electrons. The molecule has 2 aliphatic rings. The molecule has 0 radical (unpaired) electrons. The van der Waals surface area contributed by atoms with Crippen LogP contribution in [0.15, 0.2) is 138 Å². The molecule has 4 heteroatoms. The fraction of sp³-hybridized carbons (Fsp3) is 0.417. The summed E-state index contributed by atoms with van der Waals surface area (Å²) in [6.45, 7) is 29.2. The Morgan fingerprint density at radius 3 is 2.31 bits per heavy atom. The zero-order chi connectivity index (χ0) is 38.1. The summed E-state index contributed by atoms with van der Waals surface area (Å²) in [4.78, 5) is 0. The first-order valence-electron chi connectivity index (χ1n) is 19.5. The Balaban J connectivity index is 1.75. The van der Waals surface area contributed by atoms with Crippen molar-refractivity contribution in [2.24, 2.45) is 11.8 Å². The highest BCUT2D eigenvalue weighted by atomic mass is 32.1. The van der Waals surface area contributed by atoms with Gasteiger partial charge in [-0.05, 0) is 151 Å². The molecule has 4 rings (SSSR count). The van der Waals surface area contributed by atoms with E-state index in [2.05, 4.69) is 197 Å². The molecule has 2 N–H and O–H groups in total. The molecular formula is C48H65BN2S. The second kappa shape index (κ2) is 18.3. The predicted molar refractivity (Wildman–Crippen MR) is 236 cm³/mol. The molecule has 1 aromatic carbocycles. The highest BCUT2D eigenvalue weighted by Crippen LogP contribution is 2.47. The quantitative estimate of drug-likeness (QED) is 0.142. The fourth-order valence-electron chi connectivity index (χ4n) is 7.23. The standard InChI is InChI=1S/C48H65BN2S/c1-13-17-37(15-3)19-16-18-36(8)24-28-50-44(29-34(4)5)43(33-51-40-22-20-38(21-23-40)35(6)7)49(27-14-2)46-31-39-30-41-42(32-45(39)52-46)48(11,12)26-25-47(41,9)10/h13-17,19-22,24,27-33,35-36,40,50-51H,4,18,23,25-26H2,1-3,5-12H3/b17-13-,19-16+,27-14+,28-24+,37-15+,43-33-,44-29+. The summed E-state index contributed by atoms with van der Waals surface area (Å²) in [5, 5.41) is 8.91. The van der Waals surface area contributed by atoms with E-state index in [1.54, 1.807) is 0 Å². The minimum Gasteiger partial charge on any atom is -0.385 e. The van der Waals surface area contributed by atoms with Crippen LogP contribution in [0.25, 0.3) is 10.1 Å². The Kier molecular flexibility index (Phi) is 14.5.